The Morgan fingerprint density at radius 3 is 2.35 bits per heavy atom. The summed E-state index contributed by atoms with van der Waals surface area (Å²) < 4.78 is 0. The highest BCUT2D eigenvalue weighted by Crippen LogP contribution is 2.33. The molecule has 0 radical (unpaired) electrons. The van der Waals surface area contributed by atoms with Gasteiger partial charge in [-0.15, -0.1) is 0 Å². The maximum absolute atomic E-state index is 12.0. The van der Waals surface area contributed by atoms with E-state index in [0.717, 1.165) is 25.0 Å². The maximum atomic E-state index is 12.0. The van der Waals surface area contributed by atoms with Crippen molar-refractivity contribution in [3.63, 3.8) is 0 Å². The SMILES string of the molecule is CSCCC(=O)N(C)C1(C(=O)O)CCCCC1. The Morgan fingerprint density at radius 1 is 1.29 bits per heavy atom. The third kappa shape index (κ3) is 3.15. The zero-order chi connectivity index (χ0) is 12.9. The lowest BCUT2D eigenvalue weighted by atomic mass is 9.80. The molecule has 5 heteroatoms. The molecule has 1 aliphatic carbocycles. The number of carbonyl (C=O) groups is 2. The molecule has 98 valence electrons. The van der Waals surface area contributed by atoms with E-state index in [4.69, 9.17) is 0 Å². The molecule has 0 atom stereocenters. The van der Waals surface area contributed by atoms with E-state index in [1.807, 2.05) is 6.26 Å². The van der Waals surface area contributed by atoms with Crippen LogP contribution in [-0.4, -0.2) is 46.5 Å². The molecule has 0 aromatic carbocycles. The van der Waals surface area contributed by atoms with Gasteiger partial charge in [0, 0.05) is 19.2 Å². The number of aliphatic carboxylic acids is 1. The molecule has 1 amide bonds. The van der Waals surface area contributed by atoms with Crippen molar-refractivity contribution in [3.8, 4) is 0 Å². The number of nitrogens with zero attached hydrogens (tertiary/aromatic N) is 1. The van der Waals surface area contributed by atoms with Gasteiger partial charge in [0.2, 0.25) is 5.91 Å². The Bertz CT molecular complexity index is 287. The molecule has 1 N–H and O–H groups in total. The van der Waals surface area contributed by atoms with E-state index >= 15 is 0 Å². The maximum Gasteiger partial charge on any atom is 0.329 e. The summed E-state index contributed by atoms with van der Waals surface area (Å²) in [4.78, 5) is 24.9. The monoisotopic (exact) mass is 259 g/mol. The average molecular weight is 259 g/mol. The molecule has 0 aromatic heterocycles. The molecule has 0 unspecified atom stereocenters. The molecule has 17 heavy (non-hydrogen) atoms. The number of hydrogen-bond acceptors (Lipinski definition) is 3. The van der Waals surface area contributed by atoms with Crippen molar-refractivity contribution < 1.29 is 14.7 Å². The van der Waals surface area contributed by atoms with E-state index in [1.54, 1.807) is 18.8 Å². The van der Waals surface area contributed by atoms with Crippen LogP contribution < -0.4 is 0 Å². The summed E-state index contributed by atoms with van der Waals surface area (Å²) >= 11 is 1.61. The summed E-state index contributed by atoms with van der Waals surface area (Å²) in [6, 6.07) is 0. The highest BCUT2D eigenvalue weighted by molar-refractivity contribution is 7.98. The second-order valence-electron chi connectivity index (χ2n) is 4.59. The first-order valence-electron chi connectivity index (χ1n) is 6.03. The zero-order valence-electron chi connectivity index (χ0n) is 10.6. The van der Waals surface area contributed by atoms with E-state index in [0.29, 0.717) is 19.3 Å². The molecular weight excluding hydrogens is 238 g/mol. The highest BCUT2D eigenvalue weighted by Gasteiger charge is 2.45. The second-order valence-corrected chi connectivity index (χ2v) is 5.58. The van der Waals surface area contributed by atoms with Crippen LogP contribution in [0.2, 0.25) is 0 Å². The average Bonchev–Trinajstić information content (AvgIpc) is 2.35. The minimum absolute atomic E-state index is 0.0522. The quantitative estimate of drug-likeness (QED) is 0.820. The lowest BCUT2D eigenvalue weighted by Gasteiger charge is -2.41. The van der Waals surface area contributed by atoms with Crippen LogP contribution in [0.4, 0.5) is 0 Å². The third-order valence-corrected chi connectivity index (χ3v) is 4.23. The Morgan fingerprint density at radius 2 is 1.88 bits per heavy atom. The van der Waals surface area contributed by atoms with Crippen LogP contribution in [0, 0.1) is 0 Å². The summed E-state index contributed by atoms with van der Waals surface area (Å²) in [7, 11) is 1.64. The molecule has 1 saturated carbocycles. The topological polar surface area (TPSA) is 57.6 Å². The van der Waals surface area contributed by atoms with Gasteiger partial charge < -0.3 is 10.0 Å². The predicted molar refractivity (Wildman–Crippen MR) is 69.2 cm³/mol. The molecule has 1 fully saturated rings. The van der Waals surface area contributed by atoms with Crippen LogP contribution in [0.1, 0.15) is 38.5 Å². The number of amides is 1. The van der Waals surface area contributed by atoms with Gasteiger partial charge in [-0.1, -0.05) is 19.3 Å². The van der Waals surface area contributed by atoms with Crippen LogP contribution in [0.25, 0.3) is 0 Å². The molecular formula is C12H21NO3S. The summed E-state index contributed by atoms with van der Waals surface area (Å²) in [5.41, 5.74) is -0.951. The van der Waals surface area contributed by atoms with E-state index in [-0.39, 0.29) is 5.91 Å². The van der Waals surface area contributed by atoms with E-state index in [1.165, 1.54) is 4.90 Å². The smallest absolute Gasteiger partial charge is 0.329 e. The summed E-state index contributed by atoms with van der Waals surface area (Å²) in [6.07, 6.45) is 6.40. The van der Waals surface area contributed by atoms with Crippen molar-refractivity contribution in [2.24, 2.45) is 0 Å². The molecule has 0 saturated heterocycles. The summed E-state index contributed by atoms with van der Waals surface area (Å²) in [6.45, 7) is 0. The fourth-order valence-electron chi connectivity index (χ4n) is 2.43. The van der Waals surface area contributed by atoms with Gasteiger partial charge >= 0.3 is 5.97 Å². The molecule has 0 aromatic rings. The Kier molecular flexibility index (Phi) is 5.31. The number of carbonyl (C=O) groups excluding carboxylic acids is 1. The van der Waals surface area contributed by atoms with Gasteiger partial charge in [0.25, 0.3) is 0 Å². The third-order valence-electron chi connectivity index (χ3n) is 3.62. The van der Waals surface area contributed by atoms with E-state index in [2.05, 4.69) is 0 Å². The van der Waals surface area contributed by atoms with Crippen molar-refractivity contribution >= 4 is 23.6 Å². The van der Waals surface area contributed by atoms with E-state index < -0.39 is 11.5 Å². The van der Waals surface area contributed by atoms with Crippen LogP contribution in [0.15, 0.2) is 0 Å². The van der Waals surface area contributed by atoms with Crippen LogP contribution >= 0.6 is 11.8 Å². The minimum Gasteiger partial charge on any atom is -0.479 e. The van der Waals surface area contributed by atoms with E-state index in [9.17, 15) is 14.7 Å². The first kappa shape index (κ1) is 14.4. The second kappa shape index (κ2) is 6.28. The highest BCUT2D eigenvalue weighted by atomic mass is 32.2. The van der Waals surface area contributed by atoms with Gasteiger partial charge in [-0.05, 0) is 19.1 Å². The van der Waals surface area contributed by atoms with Gasteiger partial charge in [-0.2, -0.15) is 11.8 Å². The molecule has 1 aliphatic rings. The predicted octanol–water partition coefficient (Wildman–Crippen LogP) is 1.99. The normalized spacial score (nSPS) is 18.7. The number of thioether (sulfide) groups is 1. The number of carboxylic acids is 1. The first-order valence-corrected chi connectivity index (χ1v) is 7.43. The van der Waals surface area contributed by atoms with Gasteiger partial charge in [-0.3, -0.25) is 4.79 Å². The van der Waals surface area contributed by atoms with Crippen LogP contribution in [0.5, 0.6) is 0 Å². The van der Waals surface area contributed by atoms with Gasteiger partial charge in [0.1, 0.15) is 5.54 Å². The van der Waals surface area contributed by atoms with Crippen molar-refractivity contribution in [2.45, 2.75) is 44.1 Å². The zero-order valence-corrected chi connectivity index (χ0v) is 11.4. The Balaban J connectivity index is 2.76. The molecule has 0 aliphatic heterocycles. The fourth-order valence-corrected chi connectivity index (χ4v) is 2.80. The lowest BCUT2D eigenvalue weighted by molar-refractivity contribution is -0.160. The minimum atomic E-state index is -0.951. The molecule has 0 heterocycles. The van der Waals surface area contributed by atoms with Crippen molar-refractivity contribution in [1.82, 2.24) is 4.90 Å². The Labute approximate surface area is 107 Å². The number of likely N-dealkylation sites (N-methyl/N-ethyl adjacent to an activating group) is 1. The van der Waals surface area contributed by atoms with Gasteiger partial charge in [0.15, 0.2) is 0 Å². The van der Waals surface area contributed by atoms with Crippen molar-refractivity contribution in [2.75, 3.05) is 19.1 Å². The number of carboxylic acid groups (broad SMARTS) is 1. The molecule has 1 rings (SSSR count). The fraction of sp³-hybridized carbons (Fsp3) is 0.833. The summed E-state index contributed by atoms with van der Waals surface area (Å²) in [5.74, 6) is -0.153. The first-order chi connectivity index (χ1) is 8.04. The van der Waals surface area contributed by atoms with Crippen molar-refractivity contribution in [1.29, 1.82) is 0 Å². The largest absolute Gasteiger partial charge is 0.479 e. The van der Waals surface area contributed by atoms with Crippen LogP contribution in [0.3, 0.4) is 0 Å². The Hall–Kier alpha value is -0.710. The van der Waals surface area contributed by atoms with Crippen molar-refractivity contribution in [3.05, 3.63) is 0 Å². The standard InChI is InChI=1S/C12H21NO3S/c1-13(10(14)6-9-17-2)12(11(15)16)7-4-3-5-8-12/h3-9H2,1-2H3,(H,15,16). The van der Waals surface area contributed by atoms with Gasteiger partial charge in [0.05, 0.1) is 0 Å². The molecule has 0 spiro atoms. The summed E-state index contributed by atoms with van der Waals surface area (Å²) in [5, 5.41) is 9.43. The molecule has 4 nitrogen and oxygen atoms in total. The molecule has 0 bridgehead atoms. The van der Waals surface area contributed by atoms with Gasteiger partial charge in [-0.25, -0.2) is 4.79 Å². The number of rotatable bonds is 5. The lowest BCUT2D eigenvalue weighted by Crippen LogP contribution is -2.56. The number of hydrogen-bond donors (Lipinski definition) is 1. The van der Waals surface area contributed by atoms with Crippen LogP contribution in [-0.2, 0) is 9.59 Å².